The second kappa shape index (κ2) is 10.7. The van der Waals surface area contributed by atoms with E-state index < -0.39 is 0 Å². The van der Waals surface area contributed by atoms with Gasteiger partial charge in [-0.05, 0) is 63.2 Å². The van der Waals surface area contributed by atoms with Crippen molar-refractivity contribution in [1.29, 1.82) is 0 Å². The summed E-state index contributed by atoms with van der Waals surface area (Å²) >= 11 is 0. The van der Waals surface area contributed by atoms with Crippen LogP contribution in [0, 0.1) is 0 Å². The monoisotopic (exact) mass is 404 g/mol. The molecule has 5 heteroatoms. The second-order valence-corrected chi connectivity index (χ2v) is 7.65. The number of carbonyl (C=O) groups excluding carboxylic acids is 1. The van der Waals surface area contributed by atoms with Gasteiger partial charge in [0.05, 0.1) is 11.4 Å². The summed E-state index contributed by atoms with van der Waals surface area (Å²) in [5.41, 5.74) is 4.60. The van der Waals surface area contributed by atoms with Crippen LogP contribution in [0.15, 0.2) is 60.7 Å². The highest BCUT2D eigenvalue weighted by molar-refractivity contribution is 5.94. The summed E-state index contributed by atoms with van der Waals surface area (Å²) in [4.78, 5) is 15.0. The Morgan fingerprint density at radius 1 is 1.03 bits per heavy atom. The largest absolute Gasteiger partial charge is 0.350 e. The van der Waals surface area contributed by atoms with Crippen molar-refractivity contribution < 1.29 is 4.79 Å². The molecule has 0 saturated heterocycles. The maximum atomic E-state index is 12.6. The normalized spacial score (nSPS) is 12.1. The molecule has 3 rings (SSSR count). The topological polar surface area (TPSA) is 61.0 Å². The maximum absolute atomic E-state index is 12.6. The Hall–Kier alpha value is -2.92. The van der Waals surface area contributed by atoms with Crippen LogP contribution < -0.4 is 5.32 Å². The lowest BCUT2D eigenvalue weighted by atomic mass is 10.1. The van der Waals surface area contributed by atoms with Gasteiger partial charge in [0.25, 0.3) is 5.91 Å². The van der Waals surface area contributed by atoms with Gasteiger partial charge in [-0.3, -0.25) is 9.89 Å². The number of hydrogen-bond acceptors (Lipinski definition) is 3. The number of aromatic nitrogens is 2. The molecule has 0 unspecified atom stereocenters. The predicted molar refractivity (Wildman–Crippen MR) is 123 cm³/mol. The molecule has 2 aromatic carbocycles. The number of nitrogens with zero attached hydrogens (tertiary/aromatic N) is 2. The van der Waals surface area contributed by atoms with Gasteiger partial charge in [-0.25, -0.2) is 0 Å². The van der Waals surface area contributed by atoms with E-state index in [4.69, 9.17) is 0 Å². The Labute approximate surface area is 179 Å². The molecule has 158 valence electrons. The summed E-state index contributed by atoms with van der Waals surface area (Å²) < 4.78 is 0. The Kier molecular flexibility index (Phi) is 7.80. The van der Waals surface area contributed by atoms with Gasteiger partial charge in [0.1, 0.15) is 0 Å². The highest BCUT2D eigenvalue weighted by Gasteiger charge is 2.11. The molecule has 5 nitrogen and oxygen atoms in total. The summed E-state index contributed by atoms with van der Waals surface area (Å²) in [6.45, 7) is 9.68. The Morgan fingerprint density at radius 3 is 2.40 bits per heavy atom. The van der Waals surface area contributed by atoms with Crippen molar-refractivity contribution in [1.82, 2.24) is 20.4 Å². The zero-order valence-electron chi connectivity index (χ0n) is 18.2. The van der Waals surface area contributed by atoms with Gasteiger partial charge in [-0.15, -0.1) is 0 Å². The van der Waals surface area contributed by atoms with Crippen molar-refractivity contribution in [2.75, 3.05) is 19.6 Å². The smallest absolute Gasteiger partial charge is 0.251 e. The SMILES string of the molecule is CCN(CC)CCC[C@@H](C)NC(=O)c1ccc(-c2cc(-c3ccccc3)n[nH]2)cc1. The van der Waals surface area contributed by atoms with E-state index in [2.05, 4.69) is 41.2 Å². The van der Waals surface area contributed by atoms with E-state index >= 15 is 0 Å². The third kappa shape index (κ3) is 5.80. The summed E-state index contributed by atoms with van der Waals surface area (Å²) in [6, 6.07) is 19.9. The number of aromatic amines is 1. The number of benzene rings is 2. The minimum atomic E-state index is -0.0218. The van der Waals surface area contributed by atoms with Gasteiger partial charge in [-0.1, -0.05) is 56.3 Å². The highest BCUT2D eigenvalue weighted by Crippen LogP contribution is 2.24. The molecule has 0 fully saturated rings. The standard InChI is InChI=1S/C25H32N4O/c1-4-29(5-2)17-9-10-19(3)26-25(30)22-15-13-21(14-16-22)24-18-23(27-28-24)20-11-7-6-8-12-20/h6-8,11-16,18-19H,4-5,9-10,17H2,1-3H3,(H,26,30)(H,27,28)/t19-/m1/s1. The number of rotatable bonds is 10. The summed E-state index contributed by atoms with van der Waals surface area (Å²) in [7, 11) is 0. The molecule has 0 aliphatic rings. The minimum absolute atomic E-state index is 0.0218. The van der Waals surface area contributed by atoms with Crippen molar-refractivity contribution >= 4 is 5.91 Å². The second-order valence-electron chi connectivity index (χ2n) is 7.65. The van der Waals surface area contributed by atoms with Crippen molar-refractivity contribution in [3.63, 3.8) is 0 Å². The fourth-order valence-electron chi connectivity index (χ4n) is 3.57. The quantitative estimate of drug-likeness (QED) is 0.501. The summed E-state index contributed by atoms with van der Waals surface area (Å²) in [6.07, 6.45) is 2.07. The molecule has 1 heterocycles. The number of hydrogen-bond donors (Lipinski definition) is 2. The number of H-pyrrole nitrogens is 1. The lowest BCUT2D eigenvalue weighted by Gasteiger charge is -2.19. The molecule has 0 bridgehead atoms. The van der Waals surface area contributed by atoms with Crippen molar-refractivity contribution in [2.45, 2.75) is 39.7 Å². The van der Waals surface area contributed by atoms with Gasteiger partial charge in [-0.2, -0.15) is 5.10 Å². The van der Waals surface area contributed by atoms with Crippen LogP contribution in [0.2, 0.25) is 0 Å². The predicted octanol–water partition coefficient (Wildman–Crippen LogP) is 4.98. The first-order valence-electron chi connectivity index (χ1n) is 10.8. The fraction of sp³-hybridized carbons (Fsp3) is 0.360. The van der Waals surface area contributed by atoms with Gasteiger partial charge in [0, 0.05) is 17.2 Å². The first-order valence-corrected chi connectivity index (χ1v) is 10.8. The van der Waals surface area contributed by atoms with Crippen LogP contribution in [-0.4, -0.2) is 46.7 Å². The van der Waals surface area contributed by atoms with Crippen LogP contribution >= 0.6 is 0 Å². The molecule has 0 saturated carbocycles. The first kappa shape index (κ1) is 21.8. The van der Waals surface area contributed by atoms with E-state index in [1.807, 2.05) is 60.7 Å². The Morgan fingerprint density at radius 2 is 1.73 bits per heavy atom. The third-order valence-electron chi connectivity index (χ3n) is 5.49. The Bertz CT molecular complexity index is 914. The summed E-state index contributed by atoms with van der Waals surface area (Å²) in [5.74, 6) is -0.0218. The number of nitrogens with one attached hydrogen (secondary N) is 2. The van der Waals surface area contributed by atoms with Gasteiger partial charge >= 0.3 is 0 Å². The van der Waals surface area contributed by atoms with Crippen LogP contribution in [0.25, 0.3) is 22.5 Å². The lowest BCUT2D eigenvalue weighted by Crippen LogP contribution is -2.33. The molecule has 2 N–H and O–H groups in total. The van der Waals surface area contributed by atoms with E-state index in [0.29, 0.717) is 5.56 Å². The van der Waals surface area contributed by atoms with Crippen LogP contribution in [0.5, 0.6) is 0 Å². The van der Waals surface area contributed by atoms with Gasteiger partial charge in [0.15, 0.2) is 0 Å². The summed E-state index contributed by atoms with van der Waals surface area (Å²) in [5, 5.41) is 10.6. The zero-order chi connectivity index (χ0) is 21.3. The molecular formula is C25H32N4O. The van der Waals surface area contributed by atoms with E-state index in [-0.39, 0.29) is 11.9 Å². The molecule has 3 aromatic rings. The van der Waals surface area contributed by atoms with Crippen molar-refractivity contribution in [2.24, 2.45) is 0 Å². The highest BCUT2D eigenvalue weighted by atomic mass is 16.1. The molecule has 0 spiro atoms. The van der Waals surface area contributed by atoms with Crippen LogP contribution in [0.1, 0.15) is 44.0 Å². The number of carbonyl (C=O) groups is 1. The molecule has 30 heavy (non-hydrogen) atoms. The lowest BCUT2D eigenvalue weighted by molar-refractivity contribution is 0.0937. The van der Waals surface area contributed by atoms with E-state index in [1.54, 1.807) is 0 Å². The van der Waals surface area contributed by atoms with Crippen molar-refractivity contribution in [3.8, 4) is 22.5 Å². The molecule has 1 atom stereocenters. The average molecular weight is 405 g/mol. The molecule has 1 amide bonds. The van der Waals surface area contributed by atoms with Gasteiger partial charge in [0.2, 0.25) is 0 Å². The zero-order valence-corrected chi connectivity index (χ0v) is 18.2. The molecule has 0 radical (unpaired) electrons. The minimum Gasteiger partial charge on any atom is -0.350 e. The number of amides is 1. The molecule has 0 aliphatic heterocycles. The van der Waals surface area contributed by atoms with Crippen LogP contribution in [-0.2, 0) is 0 Å². The average Bonchev–Trinajstić information content (AvgIpc) is 3.28. The maximum Gasteiger partial charge on any atom is 0.251 e. The van der Waals surface area contributed by atoms with Crippen LogP contribution in [0.3, 0.4) is 0 Å². The van der Waals surface area contributed by atoms with Crippen molar-refractivity contribution in [3.05, 3.63) is 66.2 Å². The van der Waals surface area contributed by atoms with E-state index in [9.17, 15) is 4.79 Å². The van der Waals surface area contributed by atoms with E-state index in [1.165, 1.54) is 0 Å². The molecule has 0 aliphatic carbocycles. The molecular weight excluding hydrogens is 372 g/mol. The Balaban J connectivity index is 1.55. The fourth-order valence-corrected chi connectivity index (χ4v) is 3.57. The third-order valence-corrected chi connectivity index (χ3v) is 5.49. The van der Waals surface area contributed by atoms with Crippen LogP contribution in [0.4, 0.5) is 0 Å². The molecule has 1 aromatic heterocycles. The van der Waals surface area contributed by atoms with Gasteiger partial charge < -0.3 is 10.2 Å². The van der Waals surface area contributed by atoms with E-state index in [0.717, 1.165) is 55.0 Å². The first-order chi connectivity index (χ1) is 14.6.